The Kier molecular flexibility index (Phi) is 3.13. The molecule has 2 N–H and O–H groups in total. The maximum absolute atomic E-state index is 5.74. The number of aromatic nitrogens is 2. The molecule has 0 saturated heterocycles. The summed E-state index contributed by atoms with van der Waals surface area (Å²) < 4.78 is 0. The van der Waals surface area contributed by atoms with Crippen LogP contribution in [0, 0.1) is 5.92 Å². The summed E-state index contributed by atoms with van der Waals surface area (Å²) in [6, 6.07) is 0.0322. The fraction of sp³-hybridized carbons (Fsp3) is 0.800. The summed E-state index contributed by atoms with van der Waals surface area (Å²) in [5.41, 5.74) is 5.74. The maximum atomic E-state index is 5.74. The van der Waals surface area contributed by atoms with Gasteiger partial charge in [-0.15, -0.1) is 10.2 Å². The van der Waals surface area contributed by atoms with E-state index in [0.29, 0.717) is 0 Å². The van der Waals surface area contributed by atoms with E-state index in [1.807, 2.05) is 6.92 Å². The molecule has 1 heterocycles. The Labute approximate surface area is 88.7 Å². The molecule has 0 aliphatic heterocycles. The third-order valence-corrected chi connectivity index (χ3v) is 3.96. The Bertz CT molecular complexity index is 289. The molecule has 1 fully saturated rings. The zero-order chi connectivity index (χ0) is 9.97. The van der Waals surface area contributed by atoms with Gasteiger partial charge < -0.3 is 5.73 Å². The van der Waals surface area contributed by atoms with Gasteiger partial charge in [0, 0.05) is 6.42 Å². The minimum atomic E-state index is 0.0322. The molecular weight excluding hydrogens is 194 g/mol. The van der Waals surface area contributed by atoms with Gasteiger partial charge in [0.2, 0.25) is 0 Å². The zero-order valence-electron chi connectivity index (χ0n) is 8.57. The van der Waals surface area contributed by atoms with Crippen LogP contribution in [0.1, 0.15) is 48.7 Å². The molecule has 1 atom stereocenters. The van der Waals surface area contributed by atoms with Crippen LogP contribution in [0.3, 0.4) is 0 Å². The molecule has 0 spiro atoms. The highest BCUT2D eigenvalue weighted by Gasteiger charge is 2.18. The largest absolute Gasteiger partial charge is 0.322 e. The first-order valence-corrected chi connectivity index (χ1v) is 6.15. The van der Waals surface area contributed by atoms with E-state index in [4.69, 9.17) is 5.73 Å². The normalized spacial score (nSPS) is 20.1. The molecule has 1 unspecified atom stereocenters. The van der Waals surface area contributed by atoms with Gasteiger partial charge in [0.25, 0.3) is 0 Å². The Morgan fingerprint density at radius 3 is 2.71 bits per heavy atom. The number of nitrogens with zero attached hydrogens (tertiary/aromatic N) is 2. The van der Waals surface area contributed by atoms with E-state index < -0.39 is 0 Å². The first-order valence-electron chi connectivity index (χ1n) is 5.33. The third kappa shape index (κ3) is 2.30. The van der Waals surface area contributed by atoms with Crippen molar-refractivity contribution in [3.63, 3.8) is 0 Å². The van der Waals surface area contributed by atoms with E-state index >= 15 is 0 Å². The lowest BCUT2D eigenvalue weighted by atomic mass is 10.1. The zero-order valence-corrected chi connectivity index (χ0v) is 9.39. The molecule has 1 saturated carbocycles. The van der Waals surface area contributed by atoms with Crippen LogP contribution in [0.4, 0.5) is 0 Å². The topological polar surface area (TPSA) is 51.8 Å². The van der Waals surface area contributed by atoms with Crippen LogP contribution in [-0.2, 0) is 6.42 Å². The highest BCUT2D eigenvalue weighted by Crippen LogP contribution is 2.29. The van der Waals surface area contributed by atoms with Crippen LogP contribution in [0.25, 0.3) is 0 Å². The van der Waals surface area contributed by atoms with Crippen LogP contribution >= 0.6 is 11.3 Å². The van der Waals surface area contributed by atoms with Gasteiger partial charge in [-0.05, 0) is 12.8 Å². The van der Waals surface area contributed by atoms with Gasteiger partial charge in [-0.1, -0.05) is 37.0 Å². The van der Waals surface area contributed by atoms with Crippen molar-refractivity contribution in [3.8, 4) is 0 Å². The smallest absolute Gasteiger partial charge is 0.133 e. The fourth-order valence-corrected chi connectivity index (χ4v) is 2.90. The quantitative estimate of drug-likeness (QED) is 0.834. The molecule has 78 valence electrons. The predicted octanol–water partition coefficient (Wildman–Crippen LogP) is 2.29. The van der Waals surface area contributed by atoms with Crippen LogP contribution in [-0.4, -0.2) is 10.2 Å². The molecule has 1 aromatic heterocycles. The SMILES string of the molecule is CC(N)c1nnc(CC2CCCC2)s1. The second kappa shape index (κ2) is 4.36. The summed E-state index contributed by atoms with van der Waals surface area (Å²) >= 11 is 1.68. The summed E-state index contributed by atoms with van der Waals surface area (Å²) in [7, 11) is 0. The summed E-state index contributed by atoms with van der Waals surface area (Å²) in [6.45, 7) is 1.96. The molecular formula is C10H17N3S. The average Bonchev–Trinajstić information content (AvgIpc) is 2.75. The van der Waals surface area contributed by atoms with Gasteiger partial charge in [-0.3, -0.25) is 0 Å². The fourth-order valence-electron chi connectivity index (χ4n) is 1.99. The van der Waals surface area contributed by atoms with Crippen molar-refractivity contribution in [2.45, 2.75) is 45.1 Å². The standard InChI is InChI=1S/C10H17N3S/c1-7(11)10-13-12-9(14-10)6-8-4-2-3-5-8/h7-8H,2-6,11H2,1H3. The Morgan fingerprint density at radius 1 is 1.43 bits per heavy atom. The van der Waals surface area contributed by atoms with E-state index in [1.165, 1.54) is 30.7 Å². The first kappa shape index (κ1) is 10.1. The van der Waals surface area contributed by atoms with E-state index in [1.54, 1.807) is 11.3 Å². The molecule has 1 aromatic rings. The lowest BCUT2D eigenvalue weighted by Crippen LogP contribution is -2.03. The number of rotatable bonds is 3. The van der Waals surface area contributed by atoms with Crippen molar-refractivity contribution >= 4 is 11.3 Å². The number of hydrogen-bond acceptors (Lipinski definition) is 4. The van der Waals surface area contributed by atoms with Crippen molar-refractivity contribution in [2.75, 3.05) is 0 Å². The van der Waals surface area contributed by atoms with E-state index in [2.05, 4.69) is 10.2 Å². The van der Waals surface area contributed by atoms with Crippen LogP contribution < -0.4 is 5.73 Å². The summed E-state index contributed by atoms with van der Waals surface area (Å²) in [5, 5.41) is 10.4. The van der Waals surface area contributed by atoms with Crippen molar-refractivity contribution in [1.82, 2.24) is 10.2 Å². The number of nitrogens with two attached hydrogens (primary N) is 1. The van der Waals surface area contributed by atoms with Gasteiger partial charge in [-0.25, -0.2) is 0 Å². The lowest BCUT2D eigenvalue weighted by molar-refractivity contribution is 0.542. The van der Waals surface area contributed by atoms with E-state index in [-0.39, 0.29) is 6.04 Å². The van der Waals surface area contributed by atoms with Crippen molar-refractivity contribution < 1.29 is 0 Å². The molecule has 0 amide bonds. The lowest BCUT2D eigenvalue weighted by Gasteiger charge is -2.03. The van der Waals surface area contributed by atoms with Crippen molar-refractivity contribution in [3.05, 3.63) is 10.0 Å². The van der Waals surface area contributed by atoms with E-state index in [9.17, 15) is 0 Å². The Morgan fingerprint density at radius 2 is 2.14 bits per heavy atom. The molecule has 1 aliphatic carbocycles. The molecule has 2 rings (SSSR count). The monoisotopic (exact) mass is 211 g/mol. The minimum absolute atomic E-state index is 0.0322. The molecule has 1 aliphatic rings. The van der Waals surface area contributed by atoms with Crippen molar-refractivity contribution in [2.24, 2.45) is 11.7 Å². The highest BCUT2D eigenvalue weighted by atomic mass is 32.1. The first-order chi connectivity index (χ1) is 6.75. The third-order valence-electron chi connectivity index (χ3n) is 2.81. The second-order valence-corrected chi connectivity index (χ2v) is 5.27. The van der Waals surface area contributed by atoms with Gasteiger partial charge in [-0.2, -0.15) is 0 Å². The molecule has 0 aromatic carbocycles. The van der Waals surface area contributed by atoms with Crippen LogP contribution in [0.15, 0.2) is 0 Å². The molecule has 0 radical (unpaired) electrons. The van der Waals surface area contributed by atoms with Gasteiger partial charge in [0.05, 0.1) is 6.04 Å². The van der Waals surface area contributed by atoms with Gasteiger partial charge >= 0.3 is 0 Å². The molecule has 0 bridgehead atoms. The average molecular weight is 211 g/mol. The van der Waals surface area contributed by atoms with Crippen LogP contribution in [0.2, 0.25) is 0 Å². The molecule has 3 nitrogen and oxygen atoms in total. The predicted molar refractivity (Wildman–Crippen MR) is 58.2 cm³/mol. The molecule has 14 heavy (non-hydrogen) atoms. The molecule has 4 heteroatoms. The van der Waals surface area contributed by atoms with Crippen LogP contribution in [0.5, 0.6) is 0 Å². The Hall–Kier alpha value is -0.480. The van der Waals surface area contributed by atoms with E-state index in [0.717, 1.165) is 17.3 Å². The minimum Gasteiger partial charge on any atom is -0.322 e. The van der Waals surface area contributed by atoms with Gasteiger partial charge in [0.1, 0.15) is 10.0 Å². The van der Waals surface area contributed by atoms with Crippen molar-refractivity contribution in [1.29, 1.82) is 0 Å². The van der Waals surface area contributed by atoms with Gasteiger partial charge in [0.15, 0.2) is 0 Å². The Balaban J connectivity index is 1.95. The summed E-state index contributed by atoms with van der Waals surface area (Å²) in [6.07, 6.45) is 6.64. The second-order valence-electron chi connectivity index (χ2n) is 4.18. The summed E-state index contributed by atoms with van der Waals surface area (Å²) in [4.78, 5) is 0. The maximum Gasteiger partial charge on any atom is 0.133 e. The highest BCUT2D eigenvalue weighted by molar-refractivity contribution is 7.11. The summed E-state index contributed by atoms with van der Waals surface area (Å²) in [5.74, 6) is 0.851. The number of hydrogen-bond donors (Lipinski definition) is 1.